The Bertz CT molecular complexity index is 629. The fourth-order valence-corrected chi connectivity index (χ4v) is 2.06. The number of hydrogen-bond acceptors (Lipinski definition) is 2. The van der Waals surface area contributed by atoms with Crippen molar-refractivity contribution in [1.29, 1.82) is 0 Å². The van der Waals surface area contributed by atoms with Gasteiger partial charge in [0.05, 0.1) is 23.7 Å². The van der Waals surface area contributed by atoms with E-state index in [9.17, 15) is 9.18 Å². The van der Waals surface area contributed by atoms with Gasteiger partial charge in [-0.15, -0.1) is 0 Å². The SMILES string of the molecule is CCOc1ccc(CC(=O)Nc2ccc(F)cc2Cl)cc1. The predicted octanol–water partition coefficient (Wildman–Crippen LogP) is 4.06. The summed E-state index contributed by atoms with van der Waals surface area (Å²) in [6.45, 7) is 2.51. The second kappa shape index (κ2) is 7.09. The molecule has 2 aromatic carbocycles. The van der Waals surface area contributed by atoms with E-state index in [0.717, 1.165) is 17.4 Å². The lowest BCUT2D eigenvalue weighted by Crippen LogP contribution is -2.14. The number of rotatable bonds is 5. The van der Waals surface area contributed by atoms with Gasteiger partial charge in [0.2, 0.25) is 5.91 Å². The van der Waals surface area contributed by atoms with Gasteiger partial charge in [0.1, 0.15) is 11.6 Å². The van der Waals surface area contributed by atoms with Gasteiger partial charge >= 0.3 is 0 Å². The first kappa shape index (κ1) is 15.3. The third-order valence-corrected chi connectivity index (χ3v) is 3.12. The van der Waals surface area contributed by atoms with Crippen LogP contribution < -0.4 is 10.1 Å². The van der Waals surface area contributed by atoms with Crippen LogP contribution in [0.4, 0.5) is 10.1 Å². The Morgan fingerprint density at radius 2 is 1.95 bits per heavy atom. The number of nitrogens with one attached hydrogen (secondary N) is 1. The number of hydrogen-bond donors (Lipinski definition) is 1. The van der Waals surface area contributed by atoms with E-state index in [0.29, 0.717) is 12.3 Å². The van der Waals surface area contributed by atoms with E-state index in [-0.39, 0.29) is 17.4 Å². The molecule has 0 unspecified atom stereocenters. The fourth-order valence-electron chi connectivity index (χ4n) is 1.84. The van der Waals surface area contributed by atoms with Gasteiger partial charge in [0.15, 0.2) is 0 Å². The van der Waals surface area contributed by atoms with E-state index in [1.165, 1.54) is 12.1 Å². The van der Waals surface area contributed by atoms with Crippen LogP contribution in [0.3, 0.4) is 0 Å². The monoisotopic (exact) mass is 307 g/mol. The van der Waals surface area contributed by atoms with Gasteiger partial charge in [-0.2, -0.15) is 0 Å². The summed E-state index contributed by atoms with van der Waals surface area (Å²) in [5.74, 6) is 0.111. The second-order valence-electron chi connectivity index (χ2n) is 4.43. The third-order valence-electron chi connectivity index (χ3n) is 2.80. The number of halogens is 2. The molecule has 0 aliphatic heterocycles. The molecule has 0 saturated carbocycles. The zero-order valence-corrected chi connectivity index (χ0v) is 12.3. The Morgan fingerprint density at radius 1 is 1.24 bits per heavy atom. The van der Waals surface area contributed by atoms with E-state index in [1.54, 1.807) is 0 Å². The molecule has 0 radical (unpaired) electrons. The van der Waals surface area contributed by atoms with Crippen molar-refractivity contribution >= 4 is 23.2 Å². The number of benzene rings is 2. The maximum absolute atomic E-state index is 12.9. The van der Waals surface area contributed by atoms with Crippen molar-refractivity contribution in [2.75, 3.05) is 11.9 Å². The molecule has 0 aliphatic carbocycles. The standard InChI is InChI=1S/C16H15ClFNO2/c1-2-21-13-6-3-11(4-7-13)9-16(20)19-15-8-5-12(18)10-14(15)17/h3-8,10H,2,9H2,1H3,(H,19,20). The minimum Gasteiger partial charge on any atom is -0.494 e. The molecule has 0 atom stereocenters. The van der Waals surface area contributed by atoms with Crippen LogP contribution in [0.15, 0.2) is 42.5 Å². The maximum Gasteiger partial charge on any atom is 0.228 e. The molecule has 5 heteroatoms. The molecule has 0 fully saturated rings. The molecule has 0 aliphatic rings. The Morgan fingerprint density at radius 3 is 2.57 bits per heavy atom. The zero-order valence-electron chi connectivity index (χ0n) is 11.5. The van der Waals surface area contributed by atoms with Crippen LogP contribution in [-0.4, -0.2) is 12.5 Å². The van der Waals surface area contributed by atoms with E-state index >= 15 is 0 Å². The van der Waals surface area contributed by atoms with Crippen molar-refractivity contribution in [1.82, 2.24) is 0 Å². The Kier molecular flexibility index (Phi) is 5.17. The first-order valence-electron chi connectivity index (χ1n) is 6.55. The van der Waals surface area contributed by atoms with Gasteiger partial charge in [-0.3, -0.25) is 4.79 Å². The van der Waals surface area contributed by atoms with Gasteiger partial charge in [-0.25, -0.2) is 4.39 Å². The normalized spacial score (nSPS) is 10.2. The fraction of sp³-hybridized carbons (Fsp3) is 0.188. The van der Waals surface area contributed by atoms with Gasteiger partial charge in [-0.05, 0) is 42.8 Å². The average Bonchev–Trinajstić information content (AvgIpc) is 2.44. The largest absolute Gasteiger partial charge is 0.494 e. The maximum atomic E-state index is 12.9. The Balaban J connectivity index is 1.98. The number of anilines is 1. The summed E-state index contributed by atoms with van der Waals surface area (Å²) in [5.41, 5.74) is 1.25. The van der Waals surface area contributed by atoms with Gasteiger partial charge in [0, 0.05) is 0 Å². The van der Waals surface area contributed by atoms with E-state index in [1.807, 2.05) is 31.2 Å². The van der Waals surface area contributed by atoms with Crippen molar-refractivity contribution in [2.45, 2.75) is 13.3 Å². The van der Waals surface area contributed by atoms with Crippen LogP contribution in [0.1, 0.15) is 12.5 Å². The summed E-state index contributed by atoms with van der Waals surface area (Å²) in [5, 5.41) is 2.83. The van der Waals surface area contributed by atoms with E-state index in [2.05, 4.69) is 5.32 Å². The number of carbonyl (C=O) groups excluding carboxylic acids is 1. The molecule has 0 saturated heterocycles. The molecule has 0 bridgehead atoms. The predicted molar refractivity (Wildman–Crippen MR) is 81.4 cm³/mol. The Hall–Kier alpha value is -2.07. The first-order valence-corrected chi connectivity index (χ1v) is 6.93. The van der Waals surface area contributed by atoms with Crippen molar-refractivity contribution in [3.8, 4) is 5.75 Å². The minimum absolute atomic E-state index is 0.176. The molecule has 1 amide bonds. The quantitative estimate of drug-likeness (QED) is 0.904. The second-order valence-corrected chi connectivity index (χ2v) is 4.83. The molecule has 0 aromatic heterocycles. The van der Waals surface area contributed by atoms with Gasteiger partial charge < -0.3 is 10.1 Å². The van der Waals surface area contributed by atoms with Crippen LogP contribution in [0.25, 0.3) is 0 Å². The Labute approximate surface area is 127 Å². The smallest absolute Gasteiger partial charge is 0.228 e. The summed E-state index contributed by atoms with van der Waals surface area (Å²) < 4.78 is 18.3. The highest BCUT2D eigenvalue weighted by molar-refractivity contribution is 6.33. The van der Waals surface area contributed by atoms with Crippen molar-refractivity contribution < 1.29 is 13.9 Å². The van der Waals surface area contributed by atoms with Crippen molar-refractivity contribution in [3.63, 3.8) is 0 Å². The molecule has 110 valence electrons. The lowest BCUT2D eigenvalue weighted by atomic mass is 10.1. The van der Waals surface area contributed by atoms with Crippen molar-refractivity contribution in [3.05, 3.63) is 58.9 Å². The topological polar surface area (TPSA) is 38.3 Å². The van der Waals surface area contributed by atoms with E-state index in [4.69, 9.17) is 16.3 Å². The number of amides is 1. The van der Waals surface area contributed by atoms with Crippen molar-refractivity contribution in [2.24, 2.45) is 0 Å². The molecule has 21 heavy (non-hydrogen) atoms. The minimum atomic E-state index is -0.440. The highest BCUT2D eigenvalue weighted by atomic mass is 35.5. The lowest BCUT2D eigenvalue weighted by molar-refractivity contribution is -0.115. The molecule has 2 rings (SSSR count). The summed E-state index contributed by atoms with van der Waals surface area (Å²) in [7, 11) is 0. The highest BCUT2D eigenvalue weighted by Gasteiger charge is 2.08. The summed E-state index contributed by atoms with van der Waals surface area (Å²) in [6, 6.07) is 11.1. The molecule has 2 aromatic rings. The molecule has 0 heterocycles. The molecule has 3 nitrogen and oxygen atoms in total. The summed E-state index contributed by atoms with van der Waals surface area (Å²) in [6.07, 6.45) is 0.208. The van der Waals surface area contributed by atoms with Gasteiger partial charge in [-0.1, -0.05) is 23.7 Å². The highest BCUT2D eigenvalue weighted by Crippen LogP contribution is 2.22. The van der Waals surface area contributed by atoms with E-state index < -0.39 is 5.82 Å². The summed E-state index contributed by atoms with van der Waals surface area (Å²) >= 11 is 5.86. The number of ether oxygens (including phenoxy) is 1. The molecular formula is C16H15ClFNO2. The van der Waals surface area contributed by atoms with Crippen LogP contribution in [0.5, 0.6) is 5.75 Å². The van der Waals surface area contributed by atoms with Crippen LogP contribution in [0, 0.1) is 5.82 Å². The molecule has 0 spiro atoms. The van der Waals surface area contributed by atoms with Gasteiger partial charge in [0.25, 0.3) is 0 Å². The first-order chi connectivity index (χ1) is 10.1. The van der Waals surface area contributed by atoms with Crippen LogP contribution in [-0.2, 0) is 11.2 Å². The zero-order chi connectivity index (χ0) is 15.2. The van der Waals surface area contributed by atoms with Crippen LogP contribution in [0.2, 0.25) is 5.02 Å². The van der Waals surface area contributed by atoms with Crippen LogP contribution >= 0.6 is 11.6 Å². The summed E-state index contributed by atoms with van der Waals surface area (Å²) in [4.78, 5) is 11.9. The number of carbonyl (C=O) groups is 1. The third kappa shape index (κ3) is 4.46. The average molecular weight is 308 g/mol. The lowest BCUT2D eigenvalue weighted by Gasteiger charge is -2.08. The molecule has 1 N–H and O–H groups in total. The molecular weight excluding hydrogens is 293 g/mol.